The topological polar surface area (TPSA) is 182 Å². The number of carbonyl (C=O) groups is 3. The molecule has 0 radical (unpaired) electrons. The van der Waals surface area contributed by atoms with Gasteiger partial charge in [0.25, 0.3) is 5.91 Å². The van der Waals surface area contributed by atoms with Crippen LogP contribution >= 0.6 is 0 Å². The van der Waals surface area contributed by atoms with Gasteiger partial charge >= 0.3 is 0 Å². The summed E-state index contributed by atoms with van der Waals surface area (Å²) in [5.74, 6) is -6.52. The van der Waals surface area contributed by atoms with Crippen molar-refractivity contribution in [3.8, 4) is 11.5 Å². The average molecular weight is 575 g/mol. The molecule has 220 valence electrons. The van der Waals surface area contributed by atoms with Crippen molar-refractivity contribution < 1.29 is 39.9 Å². The SMILES string of the molecule is CCc1cc(C/C=C\c2ccc(O)c3c2C[C@H]2C[C@H]4[C@H](N(C)C)C(O)=C(C(N)=O)C(=O)[C@@]4(O)C(O)=C2C3=O)ccc1O. The summed E-state index contributed by atoms with van der Waals surface area (Å²) in [5, 5.41) is 54.7. The Kier molecular flexibility index (Phi) is 7.24. The Morgan fingerprint density at radius 3 is 2.43 bits per heavy atom. The molecule has 2 aromatic carbocycles. The number of likely N-dealkylation sites (N-methyl/N-ethyl adjacent to an activating group) is 1. The molecule has 10 heteroatoms. The molecule has 7 N–H and O–H groups in total. The Morgan fingerprint density at radius 2 is 1.79 bits per heavy atom. The number of primary amides is 1. The molecule has 4 atom stereocenters. The highest BCUT2D eigenvalue weighted by molar-refractivity contribution is 6.24. The minimum absolute atomic E-state index is 0.0257. The molecule has 0 saturated heterocycles. The van der Waals surface area contributed by atoms with Crippen molar-refractivity contribution in [1.29, 1.82) is 0 Å². The van der Waals surface area contributed by atoms with Crippen LogP contribution in [0.15, 0.2) is 59.1 Å². The van der Waals surface area contributed by atoms with E-state index in [2.05, 4.69) is 0 Å². The van der Waals surface area contributed by atoms with Crippen molar-refractivity contribution >= 4 is 23.5 Å². The number of hydrogen-bond donors (Lipinski definition) is 6. The monoisotopic (exact) mass is 574 g/mol. The fourth-order valence-electron chi connectivity index (χ4n) is 6.80. The van der Waals surface area contributed by atoms with Crippen LogP contribution in [0.25, 0.3) is 6.08 Å². The number of aliphatic hydroxyl groups excluding tert-OH is 2. The zero-order valence-electron chi connectivity index (χ0n) is 23.6. The van der Waals surface area contributed by atoms with Gasteiger partial charge in [-0.3, -0.25) is 19.3 Å². The maximum atomic E-state index is 13.8. The lowest BCUT2D eigenvalue weighted by atomic mass is 9.58. The first-order chi connectivity index (χ1) is 19.8. The number of rotatable bonds is 6. The quantitative estimate of drug-likeness (QED) is 0.283. The Labute approximate surface area is 242 Å². The summed E-state index contributed by atoms with van der Waals surface area (Å²) in [5.41, 5.74) is 4.72. The number of nitrogens with zero attached hydrogens (tertiary/aromatic N) is 1. The van der Waals surface area contributed by atoms with E-state index in [1.165, 1.54) is 11.0 Å². The molecule has 0 bridgehead atoms. The summed E-state index contributed by atoms with van der Waals surface area (Å²) in [6, 6.07) is 7.45. The van der Waals surface area contributed by atoms with Gasteiger partial charge in [0.2, 0.25) is 5.78 Å². The number of amides is 1. The van der Waals surface area contributed by atoms with Gasteiger partial charge in [-0.15, -0.1) is 0 Å². The van der Waals surface area contributed by atoms with Crippen molar-refractivity contribution in [3.63, 3.8) is 0 Å². The summed E-state index contributed by atoms with van der Waals surface area (Å²) in [6.07, 6.45) is 5.25. The summed E-state index contributed by atoms with van der Waals surface area (Å²) in [4.78, 5) is 40.9. The third-order valence-electron chi connectivity index (χ3n) is 8.82. The van der Waals surface area contributed by atoms with E-state index in [1.54, 1.807) is 26.2 Å². The Morgan fingerprint density at radius 1 is 1.10 bits per heavy atom. The van der Waals surface area contributed by atoms with Crippen molar-refractivity contribution in [2.45, 2.75) is 44.2 Å². The normalized spacial score (nSPS) is 25.6. The summed E-state index contributed by atoms with van der Waals surface area (Å²) in [7, 11) is 3.18. The van der Waals surface area contributed by atoms with Crippen molar-refractivity contribution in [3.05, 3.63) is 86.9 Å². The van der Waals surface area contributed by atoms with Gasteiger partial charge in [-0.1, -0.05) is 37.3 Å². The number of aromatic hydroxyl groups is 2. The Bertz CT molecular complexity index is 1620. The van der Waals surface area contributed by atoms with E-state index < -0.39 is 58.0 Å². The largest absolute Gasteiger partial charge is 0.510 e. The lowest BCUT2D eigenvalue weighted by Gasteiger charge is -2.50. The fourth-order valence-corrected chi connectivity index (χ4v) is 6.80. The smallest absolute Gasteiger partial charge is 0.255 e. The molecule has 1 amide bonds. The molecule has 3 aliphatic carbocycles. The van der Waals surface area contributed by atoms with Gasteiger partial charge in [-0.25, -0.2) is 0 Å². The predicted molar refractivity (Wildman–Crippen MR) is 154 cm³/mol. The second kappa shape index (κ2) is 10.5. The van der Waals surface area contributed by atoms with Crippen molar-refractivity contribution in [2.75, 3.05) is 14.1 Å². The minimum Gasteiger partial charge on any atom is -0.510 e. The number of hydrogen-bond acceptors (Lipinski definition) is 9. The Hall–Kier alpha value is -4.41. The molecule has 42 heavy (non-hydrogen) atoms. The summed E-state index contributed by atoms with van der Waals surface area (Å²) < 4.78 is 0. The maximum Gasteiger partial charge on any atom is 0.255 e. The number of phenolic OH excluding ortho intramolecular Hbond substituents is 2. The highest BCUT2D eigenvalue weighted by atomic mass is 16.3. The van der Waals surface area contributed by atoms with Crippen LogP contribution in [0.4, 0.5) is 0 Å². The number of allylic oxidation sites excluding steroid dienone is 2. The second-order valence-electron chi connectivity index (χ2n) is 11.4. The van der Waals surface area contributed by atoms with E-state index in [4.69, 9.17) is 5.73 Å². The average Bonchev–Trinajstić information content (AvgIpc) is 2.92. The number of carbonyl (C=O) groups excluding carboxylic acids is 3. The van der Waals surface area contributed by atoms with Crippen LogP contribution in [0.1, 0.15) is 46.0 Å². The molecule has 0 aromatic heterocycles. The summed E-state index contributed by atoms with van der Waals surface area (Å²) in [6.45, 7) is 1.96. The molecule has 0 fully saturated rings. The molecule has 0 aliphatic heterocycles. The molecule has 0 unspecified atom stereocenters. The highest BCUT2D eigenvalue weighted by Crippen LogP contribution is 2.52. The molecule has 5 rings (SSSR count). The van der Waals surface area contributed by atoms with Gasteiger partial charge in [0, 0.05) is 11.5 Å². The molecule has 10 nitrogen and oxygen atoms in total. The van der Waals surface area contributed by atoms with E-state index in [0.717, 1.165) is 11.1 Å². The number of Topliss-reactive ketones (excluding diaryl/α,β-unsaturated/α-hetero) is 2. The maximum absolute atomic E-state index is 13.8. The van der Waals surface area contributed by atoms with E-state index in [9.17, 15) is 39.9 Å². The number of nitrogens with two attached hydrogens (primary N) is 1. The van der Waals surface area contributed by atoms with Crippen molar-refractivity contribution in [1.82, 2.24) is 4.90 Å². The number of ketones is 2. The number of aryl methyl sites for hydroxylation is 1. The van der Waals surface area contributed by atoms with Crippen LogP contribution in [-0.2, 0) is 28.9 Å². The van der Waals surface area contributed by atoms with Crippen LogP contribution in [0.3, 0.4) is 0 Å². The molecule has 3 aliphatic rings. The van der Waals surface area contributed by atoms with Crippen LogP contribution in [0.5, 0.6) is 11.5 Å². The highest BCUT2D eigenvalue weighted by Gasteiger charge is 2.63. The van der Waals surface area contributed by atoms with Gasteiger partial charge < -0.3 is 31.3 Å². The van der Waals surface area contributed by atoms with Crippen molar-refractivity contribution in [2.24, 2.45) is 17.6 Å². The van der Waals surface area contributed by atoms with Crippen LogP contribution < -0.4 is 5.73 Å². The third kappa shape index (κ3) is 4.29. The zero-order chi connectivity index (χ0) is 30.7. The molecule has 0 spiro atoms. The first-order valence-electron chi connectivity index (χ1n) is 13.8. The molecular weight excluding hydrogens is 540 g/mol. The van der Waals surface area contributed by atoms with E-state index in [-0.39, 0.29) is 35.5 Å². The summed E-state index contributed by atoms with van der Waals surface area (Å²) >= 11 is 0. The van der Waals surface area contributed by atoms with Crippen LogP contribution in [0, 0.1) is 11.8 Å². The predicted octanol–water partition coefficient (Wildman–Crippen LogP) is 2.64. The van der Waals surface area contributed by atoms with Gasteiger partial charge in [0.15, 0.2) is 11.4 Å². The number of fused-ring (bicyclic) bond motifs is 3. The molecule has 2 aromatic rings. The van der Waals surface area contributed by atoms with Crippen LogP contribution in [0.2, 0.25) is 0 Å². The standard InChI is InChI=1S/C32H34N2O8/c1-4-16-12-15(8-10-21(16)35)6-5-7-17-9-11-22(36)24-19(17)13-18-14-20-26(34(2)3)28(38)25(31(33)41)30(40)32(20,42)29(39)23(18)27(24)37/h5,7-12,18,20,26,35-36,38-39,42H,4,6,13-14H2,1-3H3,(H2,33,41)/b7-5-/t18-,20-,26-,32-/m0/s1. The zero-order valence-corrected chi connectivity index (χ0v) is 23.6. The van der Waals surface area contributed by atoms with Gasteiger partial charge in [0.1, 0.15) is 28.6 Å². The number of phenols is 2. The second-order valence-corrected chi connectivity index (χ2v) is 11.4. The Balaban J connectivity index is 1.57. The fraction of sp³-hybridized carbons (Fsp3) is 0.344. The van der Waals surface area contributed by atoms with E-state index in [1.807, 2.05) is 31.2 Å². The van der Waals surface area contributed by atoms with Gasteiger partial charge in [-0.05, 0) is 80.1 Å². The lowest BCUT2D eigenvalue weighted by Crippen LogP contribution is -2.63. The molecule has 0 saturated carbocycles. The van der Waals surface area contributed by atoms with E-state index >= 15 is 0 Å². The van der Waals surface area contributed by atoms with Crippen LogP contribution in [-0.4, -0.2) is 73.6 Å². The first kappa shape index (κ1) is 29.1. The number of benzene rings is 2. The minimum atomic E-state index is -2.67. The third-order valence-corrected chi connectivity index (χ3v) is 8.82. The molecular formula is C32H34N2O8. The molecule has 0 heterocycles. The van der Waals surface area contributed by atoms with E-state index in [0.29, 0.717) is 24.0 Å². The lowest BCUT2D eigenvalue weighted by molar-refractivity contribution is -0.148. The van der Waals surface area contributed by atoms with Gasteiger partial charge in [-0.2, -0.15) is 0 Å². The number of aliphatic hydroxyl groups is 3. The van der Waals surface area contributed by atoms with Gasteiger partial charge in [0.05, 0.1) is 11.6 Å². The first-order valence-corrected chi connectivity index (χ1v) is 13.8.